The van der Waals surface area contributed by atoms with E-state index in [4.69, 9.17) is 22.5 Å². The highest BCUT2D eigenvalue weighted by Gasteiger charge is 2.30. The third kappa shape index (κ3) is 8.04. The van der Waals surface area contributed by atoms with Crippen molar-refractivity contribution in [3.63, 3.8) is 0 Å². The van der Waals surface area contributed by atoms with Gasteiger partial charge in [0.15, 0.2) is 5.82 Å². The Kier molecular flexibility index (Phi) is 9.64. The number of hydrogen-bond donors (Lipinski definition) is 5. The topological polar surface area (TPSA) is 133 Å². The van der Waals surface area contributed by atoms with E-state index in [1.165, 1.54) is 12.1 Å². The predicted octanol–water partition coefficient (Wildman–Crippen LogP) is 4.88. The van der Waals surface area contributed by atoms with Crippen molar-refractivity contribution in [3.05, 3.63) is 46.4 Å². The average molecular weight is 487 g/mol. The molecular formula is C20H26ClF3N8O. The maximum absolute atomic E-state index is 12.7. The number of anilines is 1. The van der Waals surface area contributed by atoms with Gasteiger partial charge in [-0.15, -0.1) is 0 Å². The van der Waals surface area contributed by atoms with Crippen LogP contribution in [0.4, 0.5) is 19.0 Å². The van der Waals surface area contributed by atoms with Gasteiger partial charge in [-0.2, -0.15) is 18.7 Å². The second-order valence-corrected chi connectivity index (χ2v) is 7.54. The molecule has 1 heterocycles. The first kappa shape index (κ1) is 26.1. The summed E-state index contributed by atoms with van der Waals surface area (Å²) in [4.78, 5) is 19.2. The zero-order valence-corrected chi connectivity index (χ0v) is 18.8. The third-order valence-electron chi connectivity index (χ3n) is 4.64. The molecule has 0 radical (unpaired) electrons. The molecule has 0 unspecified atom stereocenters. The molecule has 2 rings (SSSR count). The third-order valence-corrected chi connectivity index (χ3v) is 4.82. The number of carbonyl (C=O) groups is 1. The number of benzene rings is 1. The monoisotopic (exact) mass is 486 g/mol. The van der Waals surface area contributed by atoms with Crippen LogP contribution >= 0.6 is 11.6 Å². The number of nitrogens with zero attached hydrogens (tertiary/aromatic N) is 3. The molecule has 0 fully saturated rings. The van der Waals surface area contributed by atoms with Crippen molar-refractivity contribution in [2.45, 2.75) is 38.8 Å². The normalized spacial score (nSPS) is 11.2. The van der Waals surface area contributed by atoms with Gasteiger partial charge in [0, 0.05) is 26.1 Å². The predicted molar refractivity (Wildman–Crippen MR) is 119 cm³/mol. The number of carbonyl (C=O) groups excluding carboxylic acids is 1. The number of amidine groups is 1. The lowest BCUT2D eigenvalue weighted by Gasteiger charge is -2.18. The van der Waals surface area contributed by atoms with Crippen molar-refractivity contribution in [1.29, 1.82) is 10.9 Å². The van der Waals surface area contributed by atoms with Crippen LogP contribution in [0, 0.1) is 10.9 Å². The van der Waals surface area contributed by atoms with E-state index in [9.17, 15) is 18.0 Å². The molecule has 0 aliphatic rings. The molecule has 1 amide bonds. The molecule has 13 heteroatoms. The smallest absolute Gasteiger partial charge is 0.368 e. The maximum Gasteiger partial charge on any atom is 0.416 e. The number of imidazole rings is 1. The standard InChI is InChI=1S/C20H26ClF3N8O/c1-2-3-9-27-17-16(29-19(21)30-17)18(33)28-10-4-11-32(31-26)15(25)12-13-5-7-14(8-6-13)20(22,23)24/h5-8,25-27H,2-4,9-12H2,1H3,(H,28,33)(H,29,30). The van der Waals surface area contributed by atoms with Crippen molar-refractivity contribution < 1.29 is 18.0 Å². The van der Waals surface area contributed by atoms with Gasteiger partial charge >= 0.3 is 6.18 Å². The van der Waals surface area contributed by atoms with Gasteiger partial charge in [-0.3, -0.25) is 10.2 Å². The van der Waals surface area contributed by atoms with Crippen LogP contribution in [0.25, 0.3) is 0 Å². The molecule has 180 valence electrons. The summed E-state index contributed by atoms with van der Waals surface area (Å²) in [7, 11) is 0. The molecule has 0 aliphatic heterocycles. The van der Waals surface area contributed by atoms with Crippen molar-refractivity contribution >= 4 is 29.2 Å². The number of nitrogens with one attached hydrogen (secondary N) is 5. The molecular weight excluding hydrogens is 461 g/mol. The summed E-state index contributed by atoms with van der Waals surface area (Å²) in [5, 5.41) is 18.4. The van der Waals surface area contributed by atoms with Gasteiger partial charge in [0.1, 0.15) is 11.5 Å². The van der Waals surface area contributed by atoms with Gasteiger partial charge in [0.25, 0.3) is 5.91 Å². The van der Waals surface area contributed by atoms with E-state index in [-0.39, 0.29) is 36.3 Å². The molecule has 9 nitrogen and oxygen atoms in total. The summed E-state index contributed by atoms with van der Waals surface area (Å²) in [5.41, 5.74) is 7.22. The molecule has 1 aromatic heterocycles. The van der Waals surface area contributed by atoms with Crippen LogP contribution in [0.3, 0.4) is 0 Å². The summed E-state index contributed by atoms with van der Waals surface area (Å²) in [6, 6.07) is 4.49. The van der Waals surface area contributed by atoms with Gasteiger partial charge in [0.2, 0.25) is 5.28 Å². The Morgan fingerprint density at radius 3 is 2.55 bits per heavy atom. The molecule has 1 aromatic carbocycles. The van der Waals surface area contributed by atoms with E-state index in [2.05, 4.69) is 25.8 Å². The number of aromatic amines is 1. The van der Waals surface area contributed by atoms with E-state index >= 15 is 0 Å². The van der Waals surface area contributed by atoms with Crippen molar-refractivity contribution in [3.8, 4) is 0 Å². The summed E-state index contributed by atoms with van der Waals surface area (Å²) in [6.45, 7) is 3.11. The number of hydrogen-bond acceptors (Lipinski definition) is 6. The summed E-state index contributed by atoms with van der Waals surface area (Å²) >= 11 is 5.87. The fourth-order valence-electron chi connectivity index (χ4n) is 2.88. The summed E-state index contributed by atoms with van der Waals surface area (Å²) in [5.74, 6) is -0.0755. The number of H-pyrrole nitrogens is 1. The second kappa shape index (κ2) is 12.2. The van der Waals surface area contributed by atoms with Crippen molar-refractivity contribution in [2.24, 2.45) is 5.22 Å². The van der Waals surface area contributed by atoms with E-state index in [1.807, 2.05) is 6.92 Å². The Labute approximate surface area is 194 Å². The number of alkyl halides is 3. The molecule has 2 aromatic rings. The van der Waals surface area contributed by atoms with Crippen LogP contribution < -0.4 is 10.6 Å². The van der Waals surface area contributed by atoms with Crippen LogP contribution in [0.5, 0.6) is 0 Å². The van der Waals surface area contributed by atoms with Crippen LogP contribution in [0.1, 0.15) is 47.8 Å². The second-order valence-electron chi connectivity index (χ2n) is 7.18. The number of halogens is 4. The Morgan fingerprint density at radius 2 is 1.94 bits per heavy atom. The van der Waals surface area contributed by atoms with Gasteiger partial charge in [-0.1, -0.05) is 30.7 Å². The quantitative estimate of drug-likeness (QED) is 0.0960. The average Bonchev–Trinajstić information content (AvgIpc) is 3.14. The molecule has 5 N–H and O–H groups in total. The lowest BCUT2D eigenvalue weighted by molar-refractivity contribution is -0.137. The van der Waals surface area contributed by atoms with Crippen LogP contribution in [0.2, 0.25) is 5.28 Å². The van der Waals surface area contributed by atoms with Gasteiger partial charge in [-0.25, -0.2) is 9.99 Å². The van der Waals surface area contributed by atoms with E-state index in [0.29, 0.717) is 24.3 Å². The van der Waals surface area contributed by atoms with E-state index < -0.39 is 17.6 Å². The molecule has 33 heavy (non-hydrogen) atoms. The zero-order valence-electron chi connectivity index (χ0n) is 18.0. The van der Waals surface area contributed by atoms with Crippen molar-refractivity contribution in [2.75, 3.05) is 25.0 Å². The molecule has 0 atom stereocenters. The van der Waals surface area contributed by atoms with Gasteiger partial charge in [0.05, 0.1) is 5.56 Å². The Morgan fingerprint density at radius 1 is 1.24 bits per heavy atom. The number of unbranched alkanes of at least 4 members (excludes halogenated alkanes) is 1. The first-order valence-electron chi connectivity index (χ1n) is 10.3. The Hall–Kier alpha value is -3.15. The highest BCUT2D eigenvalue weighted by Crippen LogP contribution is 2.29. The highest BCUT2D eigenvalue weighted by molar-refractivity contribution is 6.28. The fourth-order valence-corrected chi connectivity index (χ4v) is 3.06. The number of amides is 1. The minimum absolute atomic E-state index is 0.0201. The molecule has 0 saturated heterocycles. The fraction of sp³-hybridized carbons (Fsp3) is 0.450. The van der Waals surface area contributed by atoms with Gasteiger partial charge in [-0.05, 0) is 42.1 Å². The highest BCUT2D eigenvalue weighted by atomic mass is 35.5. The van der Waals surface area contributed by atoms with E-state index in [1.54, 1.807) is 0 Å². The molecule has 0 saturated carbocycles. The van der Waals surface area contributed by atoms with E-state index in [0.717, 1.165) is 30.0 Å². The Balaban J connectivity index is 1.82. The minimum atomic E-state index is -4.42. The van der Waals surface area contributed by atoms with Crippen molar-refractivity contribution in [1.82, 2.24) is 20.3 Å². The first-order valence-corrected chi connectivity index (χ1v) is 10.7. The zero-order chi connectivity index (χ0) is 24.4. The SMILES string of the molecule is CCCCNc1nc(Cl)[nH]c1C(=O)NCCCN(N=N)C(=N)Cc1ccc(C(F)(F)F)cc1. The Bertz CT molecular complexity index is 946. The maximum atomic E-state index is 12.7. The minimum Gasteiger partial charge on any atom is -0.368 e. The van der Waals surface area contributed by atoms with Crippen LogP contribution in [0.15, 0.2) is 29.5 Å². The summed E-state index contributed by atoms with van der Waals surface area (Å²) in [6.07, 6.45) is -2.13. The number of aromatic nitrogens is 2. The lowest BCUT2D eigenvalue weighted by atomic mass is 10.1. The molecule has 0 bridgehead atoms. The largest absolute Gasteiger partial charge is 0.416 e. The van der Waals surface area contributed by atoms with Crippen LogP contribution in [-0.4, -0.2) is 46.4 Å². The van der Waals surface area contributed by atoms with Gasteiger partial charge < -0.3 is 15.6 Å². The lowest BCUT2D eigenvalue weighted by Crippen LogP contribution is -2.31. The van der Waals surface area contributed by atoms with Crippen LogP contribution in [-0.2, 0) is 12.6 Å². The number of rotatable bonds is 12. The first-order chi connectivity index (χ1) is 15.7. The molecule has 0 spiro atoms. The molecule has 0 aliphatic carbocycles. The summed E-state index contributed by atoms with van der Waals surface area (Å²) < 4.78 is 38.0.